The van der Waals surface area contributed by atoms with Crippen LogP contribution < -0.4 is 0 Å². The van der Waals surface area contributed by atoms with Gasteiger partial charge in [0.05, 0.1) is 12.7 Å². The monoisotopic (exact) mass is 357 g/mol. The molecule has 1 atom stereocenters. The standard InChI is InChI=1S/C22H47NO2/c1-3-5-7-8-9-10-11-12-13-14-15-17-19-23(18-16-6-4-2)20-22(25)21-24/h22,24-25H,3-21H2,1-2H3. The molecular formula is C22H47NO2. The van der Waals surface area contributed by atoms with Crippen molar-refractivity contribution < 1.29 is 10.2 Å². The highest BCUT2D eigenvalue weighted by Gasteiger charge is 2.10. The second-order valence-corrected chi connectivity index (χ2v) is 7.73. The maximum absolute atomic E-state index is 9.68. The lowest BCUT2D eigenvalue weighted by Gasteiger charge is -2.24. The Morgan fingerprint density at radius 3 is 1.40 bits per heavy atom. The summed E-state index contributed by atoms with van der Waals surface area (Å²) in [5.41, 5.74) is 0. The molecule has 3 heteroatoms. The Labute approximate surface area is 158 Å². The molecule has 0 aliphatic heterocycles. The molecule has 25 heavy (non-hydrogen) atoms. The molecule has 0 aromatic heterocycles. The Kier molecular flexibility index (Phi) is 20.1. The molecule has 0 aliphatic rings. The van der Waals surface area contributed by atoms with Crippen LogP contribution in [0.2, 0.25) is 0 Å². The molecule has 152 valence electrons. The molecule has 3 nitrogen and oxygen atoms in total. The van der Waals surface area contributed by atoms with E-state index in [0.29, 0.717) is 6.54 Å². The van der Waals surface area contributed by atoms with Crippen LogP contribution in [0.25, 0.3) is 0 Å². The highest BCUT2D eigenvalue weighted by atomic mass is 16.3. The SMILES string of the molecule is CCCCCCCCCCCCCCN(CCCCC)CC(O)CO. The molecule has 0 saturated carbocycles. The molecule has 0 saturated heterocycles. The van der Waals surface area contributed by atoms with Crippen LogP contribution in [0, 0.1) is 0 Å². The zero-order valence-corrected chi connectivity index (χ0v) is 17.4. The third kappa shape index (κ3) is 18.5. The van der Waals surface area contributed by atoms with Gasteiger partial charge >= 0.3 is 0 Å². The zero-order valence-electron chi connectivity index (χ0n) is 17.4. The lowest BCUT2D eigenvalue weighted by Crippen LogP contribution is -2.35. The minimum Gasteiger partial charge on any atom is -0.394 e. The van der Waals surface area contributed by atoms with Crippen molar-refractivity contribution in [3.63, 3.8) is 0 Å². The van der Waals surface area contributed by atoms with Crippen molar-refractivity contribution in [3.8, 4) is 0 Å². The number of rotatable bonds is 20. The van der Waals surface area contributed by atoms with Gasteiger partial charge in [0, 0.05) is 6.54 Å². The van der Waals surface area contributed by atoms with Gasteiger partial charge < -0.3 is 15.1 Å². The van der Waals surface area contributed by atoms with E-state index >= 15 is 0 Å². The first-order chi connectivity index (χ1) is 12.2. The van der Waals surface area contributed by atoms with E-state index < -0.39 is 6.10 Å². The summed E-state index contributed by atoms with van der Waals surface area (Å²) in [6.45, 7) is 7.12. The fourth-order valence-corrected chi connectivity index (χ4v) is 3.41. The van der Waals surface area contributed by atoms with Crippen LogP contribution in [0.5, 0.6) is 0 Å². The maximum atomic E-state index is 9.68. The van der Waals surface area contributed by atoms with Gasteiger partial charge in [-0.15, -0.1) is 0 Å². The normalized spacial score (nSPS) is 12.8. The summed E-state index contributed by atoms with van der Waals surface area (Å²) in [4.78, 5) is 2.34. The van der Waals surface area contributed by atoms with Gasteiger partial charge in [-0.3, -0.25) is 0 Å². The van der Waals surface area contributed by atoms with E-state index in [2.05, 4.69) is 18.7 Å². The fourth-order valence-electron chi connectivity index (χ4n) is 3.41. The third-order valence-corrected chi connectivity index (χ3v) is 5.09. The van der Waals surface area contributed by atoms with Gasteiger partial charge in [-0.2, -0.15) is 0 Å². The van der Waals surface area contributed by atoms with E-state index in [1.165, 1.54) is 96.3 Å². The summed E-state index contributed by atoms with van der Waals surface area (Å²) in [6.07, 6.45) is 19.6. The molecule has 2 N–H and O–H groups in total. The van der Waals surface area contributed by atoms with Crippen LogP contribution in [0.3, 0.4) is 0 Å². The van der Waals surface area contributed by atoms with Crippen molar-refractivity contribution in [1.29, 1.82) is 0 Å². The summed E-state index contributed by atoms with van der Waals surface area (Å²) in [6, 6.07) is 0. The number of hydrogen-bond donors (Lipinski definition) is 2. The second kappa shape index (κ2) is 20.2. The van der Waals surface area contributed by atoms with Gasteiger partial charge in [0.1, 0.15) is 0 Å². The number of hydrogen-bond acceptors (Lipinski definition) is 3. The molecule has 1 unspecified atom stereocenters. The maximum Gasteiger partial charge on any atom is 0.0897 e. The van der Waals surface area contributed by atoms with E-state index in [4.69, 9.17) is 5.11 Å². The third-order valence-electron chi connectivity index (χ3n) is 5.09. The van der Waals surface area contributed by atoms with Crippen LogP contribution in [0.15, 0.2) is 0 Å². The lowest BCUT2D eigenvalue weighted by atomic mass is 10.1. The number of nitrogens with zero attached hydrogens (tertiary/aromatic N) is 1. The van der Waals surface area contributed by atoms with Gasteiger partial charge in [-0.1, -0.05) is 97.3 Å². The number of aliphatic hydroxyl groups is 2. The molecule has 0 rings (SSSR count). The van der Waals surface area contributed by atoms with Crippen molar-refractivity contribution in [2.24, 2.45) is 0 Å². The lowest BCUT2D eigenvalue weighted by molar-refractivity contribution is 0.0580. The molecule has 0 radical (unpaired) electrons. The minimum atomic E-state index is -0.584. The molecule has 0 aromatic carbocycles. The van der Waals surface area contributed by atoms with Crippen molar-refractivity contribution in [3.05, 3.63) is 0 Å². The van der Waals surface area contributed by atoms with Crippen molar-refractivity contribution >= 4 is 0 Å². The zero-order chi connectivity index (χ0) is 18.6. The Morgan fingerprint density at radius 1 is 0.600 bits per heavy atom. The van der Waals surface area contributed by atoms with Crippen LogP contribution in [-0.2, 0) is 0 Å². The average Bonchev–Trinajstić information content (AvgIpc) is 2.62. The van der Waals surface area contributed by atoms with E-state index in [0.717, 1.165) is 13.1 Å². The van der Waals surface area contributed by atoms with Gasteiger partial charge in [0.25, 0.3) is 0 Å². The summed E-state index contributed by atoms with van der Waals surface area (Å²) in [5, 5.41) is 18.7. The van der Waals surface area contributed by atoms with Crippen molar-refractivity contribution in [1.82, 2.24) is 4.90 Å². The average molecular weight is 358 g/mol. The first-order valence-corrected chi connectivity index (χ1v) is 11.3. The molecule has 0 amide bonds. The summed E-state index contributed by atoms with van der Waals surface area (Å²) >= 11 is 0. The second-order valence-electron chi connectivity index (χ2n) is 7.73. The van der Waals surface area contributed by atoms with Crippen LogP contribution >= 0.6 is 0 Å². The highest BCUT2D eigenvalue weighted by Crippen LogP contribution is 2.12. The predicted molar refractivity (Wildman–Crippen MR) is 110 cm³/mol. The summed E-state index contributed by atoms with van der Waals surface area (Å²) in [5.74, 6) is 0. The Bertz CT molecular complexity index is 248. The predicted octanol–water partition coefficient (Wildman–Crippen LogP) is 5.53. The first-order valence-electron chi connectivity index (χ1n) is 11.3. The smallest absolute Gasteiger partial charge is 0.0897 e. The fraction of sp³-hybridized carbons (Fsp3) is 1.00. The van der Waals surface area contributed by atoms with Gasteiger partial charge in [-0.25, -0.2) is 0 Å². The summed E-state index contributed by atoms with van der Waals surface area (Å²) in [7, 11) is 0. The van der Waals surface area contributed by atoms with E-state index in [1.54, 1.807) is 0 Å². The number of unbranched alkanes of at least 4 members (excludes halogenated alkanes) is 13. The molecule has 0 aliphatic carbocycles. The van der Waals surface area contributed by atoms with E-state index in [9.17, 15) is 5.11 Å². The van der Waals surface area contributed by atoms with Crippen LogP contribution in [-0.4, -0.2) is 47.5 Å². The van der Waals surface area contributed by atoms with Gasteiger partial charge in [0.15, 0.2) is 0 Å². The molecule has 0 heterocycles. The Balaban J connectivity index is 3.50. The molecular weight excluding hydrogens is 310 g/mol. The minimum absolute atomic E-state index is 0.122. The van der Waals surface area contributed by atoms with Gasteiger partial charge in [0.2, 0.25) is 0 Å². The topological polar surface area (TPSA) is 43.7 Å². The van der Waals surface area contributed by atoms with Gasteiger partial charge in [-0.05, 0) is 25.9 Å². The first kappa shape index (κ1) is 24.9. The Hall–Kier alpha value is -0.120. The quantitative estimate of drug-likeness (QED) is 0.281. The van der Waals surface area contributed by atoms with Crippen molar-refractivity contribution in [2.75, 3.05) is 26.2 Å². The Morgan fingerprint density at radius 2 is 0.960 bits per heavy atom. The van der Waals surface area contributed by atoms with Crippen LogP contribution in [0.1, 0.15) is 110 Å². The molecule has 0 fully saturated rings. The van der Waals surface area contributed by atoms with Crippen molar-refractivity contribution in [2.45, 2.75) is 116 Å². The molecule has 0 bridgehead atoms. The van der Waals surface area contributed by atoms with Crippen LogP contribution in [0.4, 0.5) is 0 Å². The molecule has 0 spiro atoms. The summed E-state index contributed by atoms with van der Waals surface area (Å²) < 4.78 is 0. The van der Waals surface area contributed by atoms with E-state index in [1.807, 2.05) is 0 Å². The number of aliphatic hydroxyl groups excluding tert-OH is 2. The highest BCUT2D eigenvalue weighted by molar-refractivity contribution is 4.64. The van der Waals surface area contributed by atoms with E-state index in [-0.39, 0.29) is 6.61 Å². The molecule has 0 aromatic rings. The largest absolute Gasteiger partial charge is 0.394 e.